The number of amides is 1. The highest BCUT2D eigenvalue weighted by Gasteiger charge is 2.25. The van der Waals surface area contributed by atoms with E-state index in [0.717, 1.165) is 0 Å². The van der Waals surface area contributed by atoms with E-state index in [9.17, 15) is 19.7 Å². The van der Waals surface area contributed by atoms with Crippen LogP contribution in [-0.4, -0.2) is 35.1 Å². The molecular weight excluding hydrogens is 280 g/mol. The average molecular weight is 296 g/mol. The number of carboxylic acid groups (broad SMARTS) is 1. The van der Waals surface area contributed by atoms with E-state index >= 15 is 0 Å². The number of carboxylic acids is 1. The minimum Gasteiger partial charge on any atom is -0.493 e. The number of hydrogen-bond donors (Lipinski definition) is 2. The SMILES string of the molecule is CCOc1cccc([N+](=O)[O-])c1C(=O)NCC(C)C(=O)O. The lowest BCUT2D eigenvalue weighted by molar-refractivity contribution is -0.385. The van der Waals surface area contributed by atoms with Crippen molar-refractivity contribution in [3.05, 3.63) is 33.9 Å². The predicted molar refractivity (Wildman–Crippen MR) is 73.4 cm³/mol. The Morgan fingerprint density at radius 2 is 2.14 bits per heavy atom. The van der Waals surface area contributed by atoms with Crippen LogP contribution in [0.25, 0.3) is 0 Å². The number of nitro benzene ring substituents is 1. The predicted octanol–water partition coefficient (Wildman–Crippen LogP) is 1.44. The van der Waals surface area contributed by atoms with Crippen LogP contribution in [0.2, 0.25) is 0 Å². The highest BCUT2D eigenvalue weighted by Crippen LogP contribution is 2.28. The Kier molecular flexibility index (Phi) is 5.65. The molecule has 0 aliphatic rings. The molecule has 0 heterocycles. The Balaban J connectivity index is 3.05. The van der Waals surface area contributed by atoms with Gasteiger partial charge in [0.25, 0.3) is 11.6 Å². The molecule has 1 atom stereocenters. The second-order valence-electron chi connectivity index (χ2n) is 4.29. The number of carbonyl (C=O) groups excluding carboxylic acids is 1. The summed E-state index contributed by atoms with van der Waals surface area (Å²) in [4.78, 5) is 33.1. The molecule has 8 heteroatoms. The van der Waals surface area contributed by atoms with Gasteiger partial charge in [-0.25, -0.2) is 0 Å². The zero-order chi connectivity index (χ0) is 16.0. The van der Waals surface area contributed by atoms with Crippen molar-refractivity contribution in [3.8, 4) is 5.75 Å². The average Bonchev–Trinajstić information content (AvgIpc) is 2.44. The fourth-order valence-electron chi connectivity index (χ4n) is 1.60. The van der Waals surface area contributed by atoms with Crippen LogP contribution in [0.5, 0.6) is 5.75 Å². The number of nitro groups is 1. The number of nitrogens with one attached hydrogen (secondary N) is 1. The summed E-state index contributed by atoms with van der Waals surface area (Å²) in [5.41, 5.74) is -0.594. The van der Waals surface area contributed by atoms with Crippen molar-refractivity contribution in [1.29, 1.82) is 0 Å². The normalized spacial score (nSPS) is 11.5. The van der Waals surface area contributed by atoms with E-state index in [4.69, 9.17) is 9.84 Å². The lowest BCUT2D eigenvalue weighted by Gasteiger charge is -2.12. The summed E-state index contributed by atoms with van der Waals surface area (Å²) in [5, 5.41) is 22.1. The standard InChI is InChI=1S/C13H16N2O6/c1-3-21-10-6-4-5-9(15(19)20)11(10)12(16)14-7-8(2)13(17)18/h4-6,8H,3,7H2,1-2H3,(H,14,16)(H,17,18). The first kappa shape index (κ1) is 16.4. The number of hydrogen-bond acceptors (Lipinski definition) is 5. The second-order valence-corrected chi connectivity index (χ2v) is 4.29. The molecule has 1 rings (SSSR count). The largest absolute Gasteiger partial charge is 0.493 e. The van der Waals surface area contributed by atoms with Gasteiger partial charge in [-0.3, -0.25) is 19.7 Å². The summed E-state index contributed by atoms with van der Waals surface area (Å²) in [6.07, 6.45) is 0. The van der Waals surface area contributed by atoms with Gasteiger partial charge in [-0.2, -0.15) is 0 Å². The van der Waals surface area contributed by atoms with Gasteiger partial charge in [-0.1, -0.05) is 13.0 Å². The molecule has 1 amide bonds. The van der Waals surface area contributed by atoms with E-state index in [1.165, 1.54) is 25.1 Å². The molecule has 1 aromatic carbocycles. The van der Waals surface area contributed by atoms with Gasteiger partial charge in [-0.15, -0.1) is 0 Å². The van der Waals surface area contributed by atoms with Gasteiger partial charge in [0.2, 0.25) is 0 Å². The summed E-state index contributed by atoms with van der Waals surface area (Å²) in [6.45, 7) is 3.22. The number of ether oxygens (including phenoxy) is 1. The fourth-order valence-corrected chi connectivity index (χ4v) is 1.60. The molecule has 0 aromatic heterocycles. The monoisotopic (exact) mass is 296 g/mol. The van der Waals surface area contributed by atoms with Crippen LogP contribution >= 0.6 is 0 Å². The summed E-state index contributed by atoms with van der Waals surface area (Å²) >= 11 is 0. The van der Waals surface area contributed by atoms with Crippen molar-refractivity contribution in [2.75, 3.05) is 13.2 Å². The van der Waals surface area contributed by atoms with Crippen LogP contribution < -0.4 is 10.1 Å². The third-order valence-corrected chi connectivity index (χ3v) is 2.72. The lowest BCUT2D eigenvalue weighted by atomic mass is 10.1. The molecule has 2 N–H and O–H groups in total. The minimum absolute atomic E-state index is 0.0900. The fraction of sp³-hybridized carbons (Fsp3) is 0.385. The molecule has 0 radical (unpaired) electrons. The quantitative estimate of drug-likeness (QED) is 0.580. The Morgan fingerprint density at radius 1 is 1.48 bits per heavy atom. The van der Waals surface area contributed by atoms with Gasteiger partial charge < -0.3 is 15.2 Å². The molecular formula is C13H16N2O6. The maximum Gasteiger partial charge on any atom is 0.308 e. The summed E-state index contributed by atoms with van der Waals surface area (Å²) < 4.78 is 5.22. The van der Waals surface area contributed by atoms with Gasteiger partial charge >= 0.3 is 5.97 Å². The molecule has 0 aliphatic carbocycles. The molecule has 8 nitrogen and oxygen atoms in total. The van der Waals surface area contributed by atoms with Crippen molar-refractivity contribution >= 4 is 17.6 Å². The van der Waals surface area contributed by atoms with Crippen molar-refractivity contribution in [2.45, 2.75) is 13.8 Å². The van der Waals surface area contributed by atoms with Crippen LogP contribution in [0.4, 0.5) is 5.69 Å². The molecule has 0 spiro atoms. The molecule has 0 aliphatic heterocycles. The number of carbonyl (C=O) groups is 2. The molecule has 21 heavy (non-hydrogen) atoms. The zero-order valence-corrected chi connectivity index (χ0v) is 11.7. The maximum atomic E-state index is 12.1. The van der Waals surface area contributed by atoms with E-state index in [1.54, 1.807) is 6.92 Å². The maximum absolute atomic E-state index is 12.1. The molecule has 1 aromatic rings. The van der Waals surface area contributed by atoms with E-state index in [1.807, 2.05) is 0 Å². The first-order valence-corrected chi connectivity index (χ1v) is 6.29. The van der Waals surface area contributed by atoms with Crippen LogP contribution in [-0.2, 0) is 4.79 Å². The summed E-state index contributed by atoms with van der Waals surface area (Å²) in [5.74, 6) is -2.51. The molecule has 114 valence electrons. The highest BCUT2D eigenvalue weighted by molar-refractivity contribution is 6.01. The van der Waals surface area contributed by atoms with E-state index < -0.39 is 22.7 Å². The summed E-state index contributed by atoms with van der Waals surface area (Å²) in [7, 11) is 0. The van der Waals surface area contributed by atoms with Crippen molar-refractivity contribution in [3.63, 3.8) is 0 Å². The van der Waals surface area contributed by atoms with Gasteiger partial charge in [0.15, 0.2) is 5.56 Å². The summed E-state index contributed by atoms with van der Waals surface area (Å²) in [6, 6.07) is 4.06. The van der Waals surface area contributed by atoms with E-state index in [2.05, 4.69) is 5.32 Å². The number of benzene rings is 1. The van der Waals surface area contributed by atoms with Gasteiger partial charge in [-0.05, 0) is 13.0 Å². The van der Waals surface area contributed by atoms with Crippen LogP contribution in [0.15, 0.2) is 18.2 Å². The van der Waals surface area contributed by atoms with Crippen LogP contribution in [0.1, 0.15) is 24.2 Å². The molecule has 0 saturated heterocycles. The van der Waals surface area contributed by atoms with Crippen molar-refractivity contribution < 1.29 is 24.4 Å². The smallest absolute Gasteiger partial charge is 0.308 e. The second kappa shape index (κ2) is 7.22. The molecule has 1 unspecified atom stereocenters. The Morgan fingerprint density at radius 3 is 2.67 bits per heavy atom. The minimum atomic E-state index is -1.07. The van der Waals surface area contributed by atoms with Gasteiger partial charge in [0, 0.05) is 12.6 Å². The van der Waals surface area contributed by atoms with Crippen LogP contribution in [0.3, 0.4) is 0 Å². The van der Waals surface area contributed by atoms with Gasteiger partial charge in [0.05, 0.1) is 17.4 Å². The van der Waals surface area contributed by atoms with E-state index in [-0.39, 0.29) is 30.2 Å². The third-order valence-electron chi connectivity index (χ3n) is 2.72. The first-order valence-electron chi connectivity index (χ1n) is 6.29. The Bertz CT molecular complexity index is 558. The third kappa shape index (κ3) is 4.16. The van der Waals surface area contributed by atoms with Crippen molar-refractivity contribution in [1.82, 2.24) is 5.32 Å². The van der Waals surface area contributed by atoms with Crippen LogP contribution in [0, 0.1) is 16.0 Å². The first-order chi connectivity index (χ1) is 9.88. The lowest BCUT2D eigenvalue weighted by Crippen LogP contribution is -2.32. The van der Waals surface area contributed by atoms with E-state index in [0.29, 0.717) is 0 Å². The Labute approximate surface area is 120 Å². The molecule has 0 bridgehead atoms. The topological polar surface area (TPSA) is 119 Å². The Hall–Kier alpha value is -2.64. The highest BCUT2D eigenvalue weighted by atomic mass is 16.6. The number of nitrogens with zero attached hydrogens (tertiary/aromatic N) is 1. The molecule has 0 saturated carbocycles. The van der Waals surface area contributed by atoms with Gasteiger partial charge in [0.1, 0.15) is 5.75 Å². The van der Waals surface area contributed by atoms with Crippen molar-refractivity contribution in [2.24, 2.45) is 5.92 Å². The molecule has 0 fully saturated rings. The number of aliphatic carboxylic acids is 1. The number of rotatable bonds is 7. The zero-order valence-electron chi connectivity index (χ0n) is 11.7.